The average molecular weight is 432 g/mol. The number of carbonyl (C=O) groups excluding carboxylic acids is 2. The van der Waals surface area contributed by atoms with Gasteiger partial charge in [0.05, 0.1) is 6.04 Å². The van der Waals surface area contributed by atoms with Gasteiger partial charge in [-0.3, -0.25) is 15.0 Å². The van der Waals surface area contributed by atoms with Gasteiger partial charge in [-0.25, -0.2) is 0 Å². The molecule has 0 bridgehead atoms. The van der Waals surface area contributed by atoms with Crippen LogP contribution in [0.5, 0.6) is 0 Å². The molecule has 1 aliphatic rings. The lowest BCUT2D eigenvalue weighted by molar-refractivity contribution is -0.141. The lowest BCUT2D eigenvalue weighted by atomic mass is 9.86. The van der Waals surface area contributed by atoms with E-state index in [-0.39, 0.29) is 47.9 Å². The number of amides is 2. The first-order valence-electron chi connectivity index (χ1n) is 8.88. The van der Waals surface area contributed by atoms with E-state index < -0.39 is 12.1 Å². The normalized spacial score (nSPS) is 17.1. The number of nitrogen functional groups attached to an aromatic ring is 1. The zero-order valence-corrected chi connectivity index (χ0v) is 18.2. The van der Waals surface area contributed by atoms with Gasteiger partial charge in [-0.05, 0) is 23.8 Å². The van der Waals surface area contributed by atoms with Crippen molar-refractivity contribution in [2.45, 2.75) is 52.2 Å². The molecule has 2 amide bonds. The zero-order valence-electron chi connectivity index (χ0n) is 16.5. The SMILES string of the molecule is CC(C)(C)[C@@H](N)C(=O)N1CCC[C@H]1C(=O)NCc1ccc(C(=N)N)cc1.Cl.Cl. The number of nitrogens with zero attached hydrogens (tertiary/aromatic N) is 1. The summed E-state index contributed by atoms with van der Waals surface area (Å²) in [5.74, 6) is -0.315. The van der Waals surface area contributed by atoms with Crippen LogP contribution in [0.1, 0.15) is 44.7 Å². The van der Waals surface area contributed by atoms with Crippen molar-refractivity contribution in [3.63, 3.8) is 0 Å². The van der Waals surface area contributed by atoms with Gasteiger partial charge in [-0.2, -0.15) is 0 Å². The summed E-state index contributed by atoms with van der Waals surface area (Å²) >= 11 is 0. The van der Waals surface area contributed by atoms with Crippen LogP contribution in [-0.4, -0.2) is 41.2 Å². The zero-order chi connectivity index (χ0) is 19.5. The summed E-state index contributed by atoms with van der Waals surface area (Å²) in [6, 6.07) is 6.05. The Hall–Kier alpha value is -1.83. The fraction of sp³-hybridized carbons (Fsp3) is 0.526. The first-order chi connectivity index (χ1) is 12.1. The van der Waals surface area contributed by atoms with Crippen molar-refractivity contribution in [3.05, 3.63) is 35.4 Å². The monoisotopic (exact) mass is 431 g/mol. The molecule has 1 heterocycles. The number of amidine groups is 1. The Bertz CT molecular complexity index is 689. The Morgan fingerprint density at radius 1 is 1.25 bits per heavy atom. The Kier molecular flexibility index (Phi) is 9.95. The van der Waals surface area contributed by atoms with E-state index in [9.17, 15) is 9.59 Å². The summed E-state index contributed by atoms with van der Waals surface area (Å²) in [6.07, 6.45) is 1.45. The van der Waals surface area contributed by atoms with Gasteiger partial charge >= 0.3 is 0 Å². The number of rotatable bonds is 5. The van der Waals surface area contributed by atoms with Crippen molar-refractivity contribution in [1.82, 2.24) is 10.2 Å². The molecule has 158 valence electrons. The third-order valence-electron chi connectivity index (χ3n) is 4.77. The first kappa shape index (κ1) is 26.2. The van der Waals surface area contributed by atoms with Gasteiger partial charge in [0.25, 0.3) is 0 Å². The Morgan fingerprint density at radius 2 is 1.82 bits per heavy atom. The summed E-state index contributed by atoms with van der Waals surface area (Å²) in [5, 5.41) is 10.3. The van der Waals surface area contributed by atoms with Gasteiger partial charge in [0.15, 0.2) is 0 Å². The maximum atomic E-state index is 12.7. The Balaban J connectivity index is 0.00000364. The van der Waals surface area contributed by atoms with Crippen LogP contribution in [0.4, 0.5) is 0 Å². The summed E-state index contributed by atoms with van der Waals surface area (Å²) < 4.78 is 0. The highest BCUT2D eigenvalue weighted by molar-refractivity contribution is 5.95. The van der Waals surface area contributed by atoms with E-state index in [0.717, 1.165) is 12.0 Å². The quantitative estimate of drug-likeness (QED) is 0.418. The second-order valence-corrected chi connectivity index (χ2v) is 7.86. The number of halogens is 2. The fourth-order valence-corrected chi connectivity index (χ4v) is 2.96. The van der Waals surface area contributed by atoms with Crippen LogP contribution in [0.25, 0.3) is 0 Å². The molecule has 1 aliphatic heterocycles. The lowest BCUT2D eigenvalue weighted by Crippen LogP contribution is -2.54. The maximum absolute atomic E-state index is 12.7. The average Bonchev–Trinajstić information content (AvgIpc) is 3.07. The molecule has 2 atom stereocenters. The molecule has 0 radical (unpaired) electrons. The van der Waals surface area contributed by atoms with E-state index >= 15 is 0 Å². The molecule has 0 unspecified atom stereocenters. The van der Waals surface area contributed by atoms with Crippen LogP contribution in [0, 0.1) is 10.8 Å². The first-order valence-corrected chi connectivity index (χ1v) is 8.88. The standard InChI is InChI=1S/C19H29N5O2.2ClH/c1-19(2,3)15(20)18(26)24-10-4-5-14(24)17(25)23-11-12-6-8-13(9-7-12)16(21)22;;/h6-9,14-15H,4-5,10-11,20H2,1-3H3,(H3,21,22)(H,23,25);2*1H/t14-,15-;;/m0../s1. The Labute approximate surface area is 178 Å². The maximum Gasteiger partial charge on any atom is 0.243 e. The van der Waals surface area contributed by atoms with Crippen LogP contribution in [0.2, 0.25) is 0 Å². The van der Waals surface area contributed by atoms with E-state index in [1.807, 2.05) is 32.9 Å². The van der Waals surface area contributed by atoms with Gasteiger partial charge in [-0.1, -0.05) is 45.0 Å². The second kappa shape index (κ2) is 10.6. The summed E-state index contributed by atoms with van der Waals surface area (Å²) in [6.45, 7) is 6.69. The minimum Gasteiger partial charge on any atom is -0.384 e. The van der Waals surface area contributed by atoms with Crippen LogP contribution in [-0.2, 0) is 16.1 Å². The van der Waals surface area contributed by atoms with Crippen molar-refractivity contribution < 1.29 is 9.59 Å². The number of benzene rings is 1. The molecule has 1 aromatic rings. The molecule has 0 aliphatic carbocycles. The van der Waals surface area contributed by atoms with Gasteiger partial charge in [-0.15, -0.1) is 24.8 Å². The molecule has 28 heavy (non-hydrogen) atoms. The van der Waals surface area contributed by atoms with Crippen LogP contribution < -0.4 is 16.8 Å². The largest absolute Gasteiger partial charge is 0.384 e. The fourth-order valence-electron chi connectivity index (χ4n) is 2.96. The number of hydrogen-bond donors (Lipinski definition) is 4. The van der Waals surface area contributed by atoms with Crippen LogP contribution in [0.3, 0.4) is 0 Å². The molecule has 1 aromatic carbocycles. The van der Waals surface area contributed by atoms with Crippen LogP contribution >= 0.6 is 24.8 Å². The smallest absolute Gasteiger partial charge is 0.243 e. The molecular weight excluding hydrogens is 401 g/mol. The number of nitrogens with one attached hydrogen (secondary N) is 2. The molecule has 9 heteroatoms. The van der Waals surface area contributed by atoms with E-state index in [4.69, 9.17) is 16.9 Å². The van der Waals surface area contributed by atoms with Crippen LogP contribution in [0.15, 0.2) is 24.3 Å². The van der Waals surface area contributed by atoms with E-state index in [1.54, 1.807) is 17.0 Å². The summed E-state index contributed by atoms with van der Waals surface area (Å²) in [5.41, 5.74) is 12.7. The number of nitrogens with two attached hydrogens (primary N) is 2. The van der Waals surface area contributed by atoms with Crippen molar-refractivity contribution in [1.29, 1.82) is 5.41 Å². The second-order valence-electron chi connectivity index (χ2n) is 7.86. The minimum atomic E-state index is -0.630. The third kappa shape index (κ3) is 6.36. The molecule has 0 spiro atoms. The highest BCUT2D eigenvalue weighted by Gasteiger charge is 2.39. The van der Waals surface area contributed by atoms with E-state index in [2.05, 4.69) is 5.32 Å². The van der Waals surface area contributed by atoms with E-state index in [0.29, 0.717) is 25.1 Å². The highest BCUT2D eigenvalue weighted by Crippen LogP contribution is 2.24. The summed E-state index contributed by atoms with van der Waals surface area (Å²) in [7, 11) is 0. The number of carbonyl (C=O) groups is 2. The van der Waals surface area contributed by atoms with Crippen molar-refractivity contribution in [3.8, 4) is 0 Å². The van der Waals surface area contributed by atoms with Crippen molar-refractivity contribution in [2.24, 2.45) is 16.9 Å². The van der Waals surface area contributed by atoms with Gasteiger partial charge < -0.3 is 21.7 Å². The van der Waals surface area contributed by atoms with E-state index in [1.165, 1.54) is 0 Å². The Morgan fingerprint density at radius 3 is 2.32 bits per heavy atom. The number of hydrogen-bond acceptors (Lipinski definition) is 4. The predicted molar refractivity (Wildman–Crippen MR) is 116 cm³/mol. The molecule has 1 fully saturated rings. The minimum absolute atomic E-state index is 0. The molecule has 6 N–H and O–H groups in total. The molecule has 0 aromatic heterocycles. The molecule has 7 nitrogen and oxygen atoms in total. The molecule has 2 rings (SSSR count). The topological polar surface area (TPSA) is 125 Å². The van der Waals surface area contributed by atoms with Crippen molar-refractivity contribution >= 4 is 42.5 Å². The van der Waals surface area contributed by atoms with Gasteiger partial charge in [0.1, 0.15) is 11.9 Å². The third-order valence-corrected chi connectivity index (χ3v) is 4.77. The van der Waals surface area contributed by atoms with Crippen molar-refractivity contribution in [2.75, 3.05) is 6.54 Å². The molecule has 0 saturated carbocycles. The molecule has 1 saturated heterocycles. The van der Waals surface area contributed by atoms with Gasteiger partial charge in [0.2, 0.25) is 11.8 Å². The lowest BCUT2D eigenvalue weighted by Gasteiger charge is -2.32. The molecular formula is C19H31Cl2N5O2. The number of likely N-dealkylation sites (tertiary alicyclic amines) is 1. The van der Waals surface area contributed by atoms with Gasteiger partial charge in [0, 0.05) is 18.7 Å². The summed E-state index contributed by atoms with van der Waals surface area (Å²) in [4.78, 5) is 26.9. The predicted octanol–water partition coefficient (Wildman–Crippen LogP) is 1.79. The highest BCUT2D eigenvalue weighted by atomic mass is 35.5.